The summed E-state index contributed by atoms with van der Waals surface area (Å²) in [6.07, 6.45) is 4.97. The lowest BCUT2D eigenvalue weighted by Gasteiger charge is -2.38. The number of nitrogens with zero attached hydrogens (tertiary/aromatic N) is 1. The van der Waals surface area contributed by atoms with E-state index in [2.05, 4.69) is 33.4 Å². The van der Waals surface area contributed by atoms with Crippen LogP contribution >= 0.6 is 15.9 Å². The van der Waals surface area contributed by atoms with Crippen molar-refractivity contribution in [2.45, 2.75) is 18.4 Å². The first-order valence-electron chi connectivity index (χ1n) is 8.73. The van der Waals surface area contributed by atoms with Crippen LogP contribution < -0.4 is 10.1 Å². The molecule has 2 N–H and O–H groups in total. The fourth-order valence-corrected chi connectivity index (χ4v) is 4.68. The second kappa shape index (κ2) is 6.94. The molecular formula is C20H17BrN2O5. The molecule has 3 atom stereocenters. The van der Waals surface area contributed by atoms with Gasteiger partial charge >= 0.3 is 11.7 Å². The molecule has 0 spiro atoms. The third-order valence-corrected chi connectivity index (χ3v) is 5.88. The van der Waals surface area contributed by atoms with Gasteiger partial charge < -0.3 is 15.2 Å². The largest absolute Gasteiger partial charge is 0.490 e. The molecule has 0 aromatic heterocycles. The van der Waals surface area contributed by atoms with Gasteiger partial charge in [0.1, 0.15) is 0 Å². The number of nitrogens with one attached hydrogen (secondary N) is 1. The van der Waals surface area contributed by atoms with Gasteiger partial charge in [-0.2, -0.15) is 0 Å². The molecule has 0 amide bonds. The van der Waals surface area contributed by atoms with Gasteiger partial charge in [-0.05, 0) is 41.7 Å². The first-order valence-corrected chi connectivity index (χ1v) is 9.52. The van der Waals surface area contributed by atoms with E-state index in [4.69, 9.17) is 4.74 Å². The maximum atomic E-state index is 11.8. The fourth-order valence-electron chi connectivity index (χ4n) is 4.21. The van der Waals surface area contributed by atoms with Crippen LogP contribution in [0.4, 0.5) is 11.4 Å². The lowest BCUT2D eigenvalue weighted by atomic mass is 9.76. The van der Waals surface area contributed by atoms with Crippen LogP contribution in [-0.2, 0) is 0 Å². The maximum absolute atomic E-state index is 11.8. The minimum Gasteiger partial charge on any atom is -0.490 e. The minimum atomic E-state index is -1.02. The van der Waals surface area contributed by atoms with E-state index in [0.717, 1.165) is 17.5 Å². The zero-order valence-electron chi connectivity index (χ0n) is 14.9. The number of carbonyl (C=O) groups is 1. The van der Waals surface area contributed by atoms with E-state index in [0.29, 0.717) is 10.2 Å². The standard InChI is InChI=1S/C20H17BrN2O5/c1-28-17-6-5-10(7-16(17)23(26)27)18-13-4-2-3-12(13)14-8-11(21)9-15(20(24)25)19(14)22-18/h2-3,5-9,12-13,18,22H,4H2,1H3,(H,24,25)/t12-,13+,18+/m1/s1. The summed E-state index contributed by atoms with van der Waals surface area (Å²) in [4.78, 5) is 22.8. The van der Waals surface area contributed by atoms with Crippen molar-refractivity contribution >= 4 is 33.3 Å². The highest BCUT2D eigenvalue weighted by molar-refractivity contribution is 9.10. The van der Waals surface area contributed by atoms with E-state index in [1.807, 2.05) is 6.07 Å². The molecule has 4 rings (SSSR count). The highest BCUT2D eigenvalue weighted by Crippen LogP contribution is 2.52. The topological polar surface area (TPSA) is 102 Å². The van der Waals surface area contributed by atoms with Crippen molar-refractivity contribution in [2.75, 3.05) is 12.4 Å². The molecule has 28 heavy (non-hydrogen) atoms. The van der Waals surface area contributed by atoms with Crippen molar-refractivity contribution < 1.29 is 19.6 Å². The van der Waals surface area contributed by atoms with Gasteiger partial charge in [-0.1, -0.05) is 34.1 Å². The number of methoxy groups -OCH3 is 1. The Kier molecular flexibility index (Phi) is 4.58. The Morgan fingerprint density at radius 3 is 2.82 bits per heavy atom. The smallest absolute Gasteiger partial charge is 0.337 e. The van der Waals surface area contributed by atoms with Gasteiger partial charge in [0.2, 0.25) is 0 Å². The van der Waals surface area contributed by atoms with E-state index in [1.165, 1.54) is 13.2 Å². The summed E-state index contributed by atoms with van der Waals surface area (Å²) in [5, 5.41) is 24.5. The van der Waals surface area contributed by atoms with Gasteiger partial charge in [0.15, 0.2) is 5.75 Å². The van der Waals surface area contributed by atoms with Crippen molar-refractivity contribution in [1.29, 1.82) is 0 Å². The predicted molar refractivity (Wildman–Crippen MR) is 107 cm³/mol. The average molecular weight is 445 g/mol. The van der Waals surface area contributed by atoms with E-state index in [1.54, 1.807) is 18.2 Å². The molecular weight excluding hydrogens is 428 g/mol. The van der Waals surface area contributed by atoms with Gasteiger partial charge in [-0.15, -0.1) is 0 Å². The zero-order valence-corrected chi connectivity index (χ0v) is 16.5. The van der Waals surface area contributed by atoms with Crippen LogP contribution in [0.5, 0.6) is 5.75 Å². The van der Waals surface area contributed by atoms with Gasteiger partial charge in [0.05, 0.1) is 29.3 Å². The van der Waals surface area contributed by atoms with Crippen molar-refractivity contribution in [1.82, 2.24) is 0 Å². The number of nitro benzene ring substituents is 1. The number of halogens is 1. The number of carboxylic acids is 1. The fraction of sp³-hybridized carbons (Fsp3) is 0.250. The lowest BCUT2D eigenvalue weighted by molar-refractivity contribution is -0.385. The van der Waals surface area contributed by atoms with E-state index in [-0.39, 0.29) is 34.9 Å². The van der Waals surface area contributed by atoms with E-state index >= 15 is 0 Å². The van der Waals surface area contributed by atoms with Crippen LogP contribution in [0.25, 0.3) is 0 Å². The van der Waals surface area contributed by atoms with Crippen LogP contribution in [-0.4, -0.2) is 23.1 Å². The third-order valence-electron chi connectivity index (χ3n) is 5.42. The molecule has 0 fully saturated rings. The number of anilines is 1. The Morgan fingerprint density at radius 1 is 1.36 bits per heavy atom. The summed E-state index contributed by atoms with van der Waals surface area (Å²) in [5.41, 5.74) is 2.29. The summed E-state index contributed by atoms with van der Waals surface area (Å²) in [6.45, 7) is 0. The number of fused-ring (bicyclic) bond motifs is 3. The molecule has 2 aliphatic rings. The monoisotopic (exact) mass is 444 g/mol. The second-order valence-corrected chi connectivity index (χ2v) is 7.80. The van der Waals surface area contributed by atoms with Crippen molar-refractivity contribution in [3.8, 4) is 5.75 Å². The van der Waals surface area contributed by atoms with Gasteiger partial charge in [-0.25, -0.2) is 4.79 Å². The normalized spacial score (nSPS) is 22.1. The molecule has 144 valence electrons. The minimum absolute atomic E-state index is 0.0398. The Morgan fingerprint density at radius 2 is 2.14 bits per heavy atom. The molecule has 1 heterocycles. The number of hydrogen-bond donors (Lipinski definition) is 2. The van der Waals surface area contributed by atoms with Crippen LogP contribution in [0.3, 0.4) is 0 Å². The molecule has 0 saturated carbocycles. The number of carboxylic acid groups (broad SMARTS) is 1. The molecule has 7 nitrogen and oxygen atoms in total. The van der Waals surface area contributed by atoms with Crippen molar-refractivity contribution in [3.63, 3.8) is 0 Å². The number of hydrogen-bond acceptors (Lipinski definition) is 5. The van der Waals surface area contributed by atoms with Crippen LogP contribution in [0.2, 0.25) is 0 Å². The van der Waals surface area contributed by atoms with Gasteiger partial charge in [-0.3, -0.25) is 10.1 Å². The van der Waals surface area contributed by atoms with E-state index in [9.17, 15) is 20.0 Å². The molecule has 0 saturated heterocycles. The molecule has 2 aromatic rings. The highest BCUT2D eigenvalue weighted by atomic mass is 79.9. The number of rotatable bonds is 4. The Hall–Kier alpha value is -2.87. The summed E-state index contributed by atoms with van der Waals surface area (Å²) < 4.78 is 5.81. The van der Waals surface area contributed by atoms with Crippen LogP contribution in [0.1, 0.15) is 39.9 Å². The second-order valence-electron chi connectivity index (χ2n) is 6.89. The number of benzene rings is 2. The number of allylic oxidation sites excluding steroid dienone is 2. The maximum Gasteiger partial charge on any atom is 0.337 e. The molecule has 2 aromatic carbocycles. The molecule has 8 heteroatoms. The van der Waals surface area contributed by atoms with E-state index < -0.39 is 10.9 Å². The number of nitro groups is 1. The molecule has 0 unspecified atom stereocenters. The predicted octanol–water partition coefficient (Wildman–Crippen LogP) is 4.89. The average Bonchev–Trinajstić information content (AvgIpc) is 3.16. The summed E-state index contributed by atoms with van der Waals surface area (Å²) in [6, 6.07) is 8.15. The Labute approximate surface area is 169 Å². The van der Waals surface area contributed by atoms with Crippen LogP contribution in [0, 0.1) is 16.0 Å². The summed E-state index contributed by atoms with van der Waals surface area (Å²) in [5.74, 6) is -0.652. The first kappa shape index (κ1) is 18.5. The number of ether oxygens (including phenoxy) is 1. The van der Waals surface area contributed by atoms with Crippen molar-refractivity contribution in [2.24, 2.45) is 5.92 Å². The molecule has 0 radical (unpaired) electrons. The summed E-state index contributed by atoms with van der Waals surface area (Å²) >= 11 is 3.40. The zero-order chi connectivity index (χ0) is 20.0. The quantitative estimate of drug-likeness (QED) is 0.395. The highest BCUT2D eigenvalue weighted by Gasteiger charge is 2.40. The molecule has 1 aliphatic carbocycles. The first-order chi connectivity index (χ1) is 13.4. The number of aromatic carboxylic acids is 1. The summed E-state index contributed by atoms with van der Waals surface area (Å²) in [7, 11) is 1.39. The SMILES string of the molecule is COc1ccc([C@@H]2Nc3c(C(=O)O)cc(Br)cc3[C@@H]3C=CC[C@@H]32)cc1[N+](=O)[O-]. The van der Waals surface area contributed by atoms with Gasteiger partial charge in [0.25, 0.3) is 0 Å². The molecule has 1 aliphatic heterocycles. The molecule has 0 bridgehead atoms. The Balaban J connectivity index is 1.85. The third kappa shape index (κ3) is 2.93. The van der Waals surface area contributed by atoms with Crippen molar-refractivity contribution in [3.05, 3.63) is 73.8 Å². The van der Waals surface area contributed by atoms with Gasteiger partial charge in [0, 0.05) is 16.5 Å². The lowest BCUT2D eigenvalue weighted by Crippen LogP contribution is -2.30. The van der Waals surface area contributed by atoms with Crippen LogP contribution in [0.15, 0.2) is 47.0 Å². The Bertz CT molecular complexity index is 1020.